The normalized spacial score (nSPS) is 15.1. The fraction of sp³-hybridized carbons (Fsp3) is 0.500. The molecule has 132 valence electrons. The van der Waals surface area contributed by atoms with E-state index in [0.29, 0.717) is 0 Å². The maximum absolute atomic E-state index is 12.2. The molecule has 6 nitrogen and oxygen atoms in total. The molecule has 24 heavy (non-hydrogen) atoms. The van der Waals surface area contributed by atoms with E-state index in [4.69, 9.17) is 11.6 Å². The average molecular weight is 373 g/mol. The lowest BCUT2D eigenvalue weighted by Gasteiger charge is -2.26. The molecule has 2 rings (SSSR count). The summed E-state index contributed by atoms with van der Waals surface area (Å²) in [7, 11) is -3.63. The van der Waals surface area contributed by atoms with Gasteiger partial charge in [-0.2, -0.15) is 0 Å². The minimum absolute atomic E-state index is 0.0175. The molecule has 1 aromatic carbocycles. The Balaban J connectivity index is 1.80. The van der Waals surface area contributed by atoms with Crippen molar-refractivity contribution in [1.82, 2.24) is 10.2 Å². The van der Waals surface area contributed by atoms with Gasteiger partial charge in [-0.15, -0.1) is 0 Å². The highest BCUT2D eigenvalue weighted by Gasteiger charge is 2.20. The molecule has 0 spiro atoms. The number of hydrogen-bond acceptors (Lipinski definition) is 4. The molecule has 1 fully saturated rings. The highest BCUT2D eigenvalue weighted by Crippen LogP contribution is 2.22. The van der Waals surface area contributed by atoms with E-state index in [1.165, 1.54) is 12.1 Å². The van der Waals surface area contributed by atoms with Crippen LogP contribution in [-0.4, -0.2) is 50.5 Å². The van der Waals surface area contributed by atoms with Crippen molar-refractivity contribution in [2.75, 3.05) is 25.4 Å². The number of piperidine rings is 1. The quantitative estimate of drug-likeness (QED) is 0.822. The van der Waals surface area contributed by atoms with Gasteiger partial charge in [0.2, 0.25) is 11.8 Å². The molecule has 0 unspecified atom stereocenters. The van der Waals surface area contributed by atoms with E-state index in [-0.39, 0.29) is 34.5 Å². The van der Waals surface area contributed by atoms with Gasteiger partial charge in [0.1, 0.15) is 0 Å². The Hall–Kier alpha value is -1.60. The van der Waals surface area contributed by atoms with Crippen molar-refractivity contribution < 1.29 is 18.0 Å². The molecular formula is C16H21ClN2O4S. The smallest absolute Gasteiger partial charge is 0.241 e. The Bertz CT molecular complexity index is 700. The van der Waals surface area contributed by atoms with E-state index in [1.54, 1.807) is 17.0 Å². The SMILES string of the molecule is O=C(CCS(=O)(=O)c1ccccc1Cl)NCC(=O)N1CCCCC1. The molecule has 0 aliphatic carbocycles. The number of carbonyl (C=O) groups is 2. The molecule has 1 aromatic rings. The predicted molar refractivity (Wildman–Crippen MR) is 91.6 cm³/mol. The second-order valence-corrected chi connectivity index (χ2v) is 8.20. The molecule has 0 bridgehead atoms. The van der Waals surface area contributed by atoms with Gasteiger partial charge in [0.25, 0.3) is 0 Å². The van der Waals surface area contributed by atoms with Crippen molar-refractivity contribution in [3.63, 3.8) is 0 Å². The third-order valence-electron chi connectivity index (χ3n) is 3.92. The van der Waals surface area contributed by atoms with Gasteiger partial charge >= 0.3 is 0 Å². The Kier molecular flexibility index (Phi) is 6.62. The van der Waals surface area contributed by atoms with E-state index in [0.717, 1.165) is 32.4 Å². The second-order valence-electron chi connectivity index (χ2n) is 5.72. The van der Waals surface area contributed by atoms with Crippen molar-refractivity contribution >= 4 is 33.3 Å². The van der Waals surface area contributed by atoms with Gasteiger partial charge in [-0.05, 0) is 31.4 Å². The lowest BCUT2D eigenvalue weighted by Crippen LogP contribution is -2.42. The molecule has 0 atom stereocenters. The van der Waals surface area contributed by atoms with Crippen molar-refractivity contribution in [2.24, 2.45) is 0 Å². The molecular weight excluding hydrogens is 352 g/mol. The Labute approximate surface area is 147 Å². The monoisotopic (exact) mass is 372 g/mol. The van der Waals surface area contributed by atoms with Crippen LogP contribution in [0.4, 0.5) is 0 Å². The van der Waals surface area contributed by atoms with E-state index >= 15 is 0 Å². The third kappa shape index (κ3) is 5.21. The van der Waals surface area contributed by atoms with Crippen LogP contribution in [0.15, 0.2) is 29.2 Å². The molecule has 1 heterocycles. The number of likely N-dealkylation sites (tertiary alicyclic amines) is 1. The van der Waals surface area contributed by atoms with Crippen molar-refractivity contribution in [3.05, 3.63) is 29.3 Å². The van der Waals surface area contributed by atoms with Gasteiger partial charge in [0, 0.05) is 19.5 Å². The number of amides is 2. The van der Waals surface area contributed by atoms with Crippen LogP contribution in [-0.2, 0) is 19.4 Å². The number of nitrogens with zero attached hydrogens (tertiary/aromatic N) is 1. The van der Waals surface area contributed by atoms with Crippen LogP contribution in [0, 0.1) is 0 Å². The Morgan fingerprint density at radius 1 is 1.12 bits per heavy atom. The summed E-state index contributed by atoms with van der Waals surface area (Å²) in [6, 6.07) is 6.12. The van der Waals surface area contributed by atoms with Gasteiger partial charge in [-0.1, -0.05) is 23.7 Å². The maximum Gasteiger partial charge on any atom is 0.241 e. The number of halogens is 1. The predicted octanol–water partition coefficient (Wildman–Crippen LogP) is 1.63. The molecule has 1 N–H and O–H groups in total. The van der Waals surface area contributed by atoms with E-state index in [1.807, 2.05) is 0 Å². The van der Waals surface area contributed by atoms with Crippen LogP contribution in [0.1, 0.15) is 25.7 Å². The molecule has 1 aliphatic heterocycles. The number of sulfone groups is 1. The van der Waals surface area contributed by atoms with Crippen LogP contribution in [0.3, 0.4) is 0 Å². The number of rotatable bonds is 6. The van der Waals surface area contributed by atoms with E-state index in [2.05, 4.69) is 5.32 Å². The van der Waals surface area contributed by atoms with Gasteiger partial charge in [-0.3, -0.25) is 9.59 Å². The lowest BCUT2D eigenvalue weighted by atomic mass is 10.1. The number of nitrogens with one attached hydrogen (secondary N) is 1. The first-order chi connectivity index (χ1) is 11.4. The molecule has 2 amide bonds. The zero-order valence-corrected chi connectivity index (χ0v) is 14.9. The summed E-state index contributed by atoms with van der Waals surface area (Å²) in [5.74, 6) is -0.937. The zero-order valence-electron chi connectivity index (χ0n) is 13.3. The first-order valence-electron chi connectivity index (χ1n) is 7.92. The minimum atomic E-state index is -3.63. The highest BCUT2D eigenvalue weighted by molar-refractivity contribution is 7.91. The summed E-state index contributed by atoms with van der Waals surface area (Å²) >= 11 is 5.88. The summed E-state index contributed by atoms with van der Waals surface area (Å²) < 4.78 is 24.4. The van der Waals surface area contributed by atoms with Gasteiger partial charge in [-0.25, -0.2) is 8.42 Å². The molecule has 0 aromatic heterocycles. The number of carbonyl (C=O) groups excluding carboxylic acids is 2. The number of benzene rings is 1. The maximum atomic E-state index is 12.2. The van der Waals surface area contributed by atoms with Crippen molar-refractivity contribution in [3.8, 4) is 0 Å². The van der Waals surface area contributed by atoms with Gasteiger partial charge in [0.05, 0.1) is 22.2 Å². The summed E-state index contributed by atoms with van der Waals surface area (Å²) in [6.45, 7) is 1.34. The summed E-state index contributed by atoms with van der Waals surface area (Å²) in [4.78, 5) is 25.5. The minimum Gasteiger partial charge on any atom is -0.347 e. The first-order valence-corrected chi connectivity index (χ1v) is 9.95. The summed E-state index contributed by atoms with van der Waals surface area (Å²) in [6.07, 6.45) is 2.88. The molecule has 1 aliphatic rings. The average Bonchev–Trinajstić information content (AvgIpc) is 2.59. The van der Waals surface area contributed by atoms with Crippen LogP contribution in [0.2, 0.25) is 5.02 Å². The fourth-order valence-electron chi connectivity index (χ4n) is 2.55. The standard InChI is InChI=1S/C16H21ClN2O4S/c17-13-6-2-3-7-14(13)24(22,23)11-8-15(20)18-12-16(21)19-9-4-1-5-10-19/h2-3,6-7H,1,4-5,8-12H2,(H,18,20). The number of hydrogen-bond donors (Lipinski definition) is 1. The van der Waals surface area contributed by atoms with Crippen LogP contribution in [0.5, 0.6) is 0 Å². The molecule has 1 saturated heterocycles. The highest BCUT2D eigenvalue weighted by atomic mass is 35.5. The van der Waals surface area contributed by atoms with Crippen LogP contribution in [0.25, 0.3) is 0 Å². The third-order valence-corrected chi connectivity index (χ3v) is 6.12. The topological polar surface area (TPSA) is 83.5 Å². The van der Waals surface area contributed by atoms with Gasteiger partial charge < -0.3 is 10.2 Å². The van der Waals surface area contributed by atoms with Crippen molar-refractivity contribution in [2.45, 2.75) is 30.6 Å². The fourth-order valence-corrected chi connectivity index (χ4v) is 4.37. The molecule has 8 heteroatoms. The zero-order chi connectivity index (χ0) is 17.6. The Morgan fingerprint density at radius 2 is 1.79 bits per heavy atom. The lowest BCUT2D eigenvalue weighted by molar-refractivity contribution is -0.133. The first kappa shape index (κ1) is 18.7. The van der Waals surface area contributed by atoms with Crippen LogP contribution >= 0.6 is 11.6 Å². The van der Waals surface area contributed by atoms with E-state index in [9.17, 15) is 18.0 Å². The largest absolute Gasteiger partial charge is 0.347 e. The second kappa shape index (κ2) is 8.48. The van der Waals surface area contributed by atoms with E-state index < -0.39 is 15.7 Å². The summed E-state index contributed by atoms with van der Waals surface area (Å²) in [5, 5.41) is 2.63. The Morgan fingerprint density at radius 3 is 2.46 bits per heavy atom. The summed E-state index contributed by atoms with van der Waals surface area (Å²) in [5.41, 5.74) is 0. The molecule has 0 saturated carbocycles. The van der Waals surface area contributed by atoms with Crippen molar-refractivity contribution in [1.29, 1.82) is 0 Å². The van der Waals surface area contributed by atoms with Gasteiger partial charge in [0.15, 0.2) is 9.84 Å². The van der Waals surface area contributed by atoms with Crippen LogP contribution < -0.4 is 5.32 Å². The molecule has 0 radical (unpaired) electrons.